The van der Waals surface area contributed by atoms with Gasteiger partial charge in [0.05, 0.1) is 0 Å². The molecule has 0 saturated carbocycles. The zero-order valence-corrected chi connectivity index (χ0v) is 15.1. The van der Waals surface area contributed by atoms with E-state index in [1.54, 1.807) is 12.1 Å². The van der Waals surface area contributed by atoms with Gasteiger partial charge in [0.25, 0.3) is 0 Å². The molecule has 0 bridgehead atoms. The van der Waals surface area contributed by atoms with E-state index in [9.17, 15) is 23.5 Å². The standard InChI is InChI=1S/C19H24F2N2O3/c1-12-3-4-14(17(21)16(12)20)10-22-7-5-19(6-8-22)9-15(18(25)26)23(11-19)13(2)24/h3-4,15H,5-11H2,1-2H3,(H,25,26)/t15-/m0/s1. The van der Waals surface area contributed by atoms with Crippen LogP contribution >= 0.6 is 0 Å². The van der Waals surface area contributed by atoms with E-state index in [0.29, 0.717) is 43.7 Å². The molecule has 5 nitrogen and oxygen atoms in total. The van der Waals surface area contributed by atoms with E-state index >= 15 is 0 Å². The van der Waals surface area contributed by atoms with Crippen molar-refractivity contribution in [1.29, 1.82) is 0 Å². The lowest BCUT2D eigenvalue weighted by atomic mass is 9.76. The third-order valence-electron chi connectivity index (χ3n) is 5.86. The van der Waals surface area contributed by atoms with E-state index < -0.39 is 23.6 Å². The van der Waals surface area contributed by atoms with Crippen LogP contribution < -0.4 is 0 Å². The third-order valence-corrected chi connectivity index (χ3v) is 5.86. The Hall–Kier alpha value is -2.02. The summed E-state index contributed by atoms with van der Waals surface area (Å²) in [6.07, 6.45) is 1.95. The normalized spacial score (nSPS) is 22.8. The number of nitrogens with zero attached hydrogens (tertiary/aromatic N) is 2. The summed E-state index contributed by atoms with van der Waals surface area (Å²) < 4.78 is 27.8. The number of hydrogen-bond donors (Lipinski definition) is 1. The van der Waals surface area contributed by atoms with Crippen LogP contribution in [0.25, 0.3) is 0 Å². The van der Waals surface area contributed by atoms with Crippen LogP contribution in [0, 0.1) is 24.0 Å². The number of amides is 1. The van der Waals surface area contributed by atoms with Gasteiger partial charge in [-0.3, -0.25) is 9.69 Å². The summed E-state index contributed by atoms with van der Waals surface area (Å²) in [6, 6.07) is 2.44. The highest BCUT2D eigenvalue weighted by Crippen LogP contribution is 2.43. The van der Waals surface area contributed by atoms with Gasteiger partial charge in [-0.05, 0) is 50.3 Å². The minimum atomic E-state index is -0.961. The van der Waals surface area contributed by atoms with Crippen LogP contribution in [-0.4, -0.2) is 52.5 Å². The van der Waals surface area contributed by atoms with Crippen molar-refractivity contribution >= 4 is 11.9 Å². The number of aliphatic carboxylic acids is 1. The fraction of sp³-hybridized carbons (Fsp3) is 0.579. The first-order valence-corrected chi connectivity index (χ1v) is 8.88. The fourth-order valence-corrected chi connectivity index (χ4v) is 4.20. The lowest BCUT2D eigenvalue weighted by Gasteiger charge is -2.39. The first-order chi connectivity index (χ1) is 12.2. The maximum absolute atomic E-state index is 14.1. The van der Waals surface area contributed by atoms with Gasteiger partial charge in [-0.1, -0.05) is 12.1 Å². The zero-order chi connectivity index (χ0) is 19.1. The molecule has 2 aliphatic heterocycles. The van der Waals surface area contributed by atoms with Gasteiger partial charge < -0.3 is 10.0 Å². The number of halogens is 2. The Labute approximate surface area is 151 Å². The second-order valence-corrected chi connectivity index (χ2v) is 7.65. The summed E-state index contributed by atoms with van der Waals surface area (Å²) in [7, 11) is 0. The number of rotatable bonds is 3. The maximum Gasteiger partial charge on any atom is 0.326 e. The number of benzene rings is 1. The van der Waals surface area contributed by atoms with Gasteiger partial charge in [0.15, 0.2) is 11.6 Å². The molecule has 142 valence electrons. The molecule has 3 rings (SSSR count). The van der Waals surface area contributed by atoms with Crippen molar-refractivity contribution in [2.45, 2.75) is 45.7 Å². The molecule has 2 saturated heterocycles. The van der Waals surface area contributed by atoms with Gasteiger partial charge in [-0.15, -0.1) is 0 Å². The molecule has 7 heteroatoms. The lowest BCUT2D eigenvalue weighted by Crippen LogP contribution is -2.42. The van der Waals surface area contributed by atoms with Crippen LogP contribution in [0.15, 0.2) is 12.1 Å². The van der Waals surface area contributed by atoms with Crippen molar-refractivity contribution in [2.24, 2.45) is 5.41 Å². The number of carbonyl (C=O) groups is 2. The summed E-state index contributed by atoms with van der Waals surface area (Å²) in [6.45, 7) is 5.07. The molecule has 0 radical (unpaired) electrons. The Bertz CT molecular complexity index is 706. The molecule has 1 aromatic carbocycles. The van der Waals surface area contributed by atoms with Crippen LogP contribution in [-0.2, 0) is 16.1 Å². The topological polar surface area (TPSA) is 60.9 Å². The summed E-state index contributed by atoms with van der Waals surface area (Å²) in [5.41, 5.74) is 0.436. The second kappa shape index (κ2) is 6.95. The maximum atomic E-state index is 14.1. The number of carboxylic acid groups (broad SMARTS) is 1. The molecule has 2 fully saturated rings. The smallest absolute Gasteiger partial charge is 0.326 e. The van der Waals surface area contributed by atoms with E-state index in [0.717, 1.165) is 12.8 Å². The van der Waals surface area contributed by atoms with E-state index in [1.165, 1.54) is 18.7 Å². The highest BCUT2D eigenvalue weighted by atomic mass is 19.2. The number of carboxylic acids is 1. The molecule has 0 aliphatic carbocycles. The molecule has 1 spiro atoms. The van der Waals surface area contributed by atoms with Gasteiger partial charge in [0, 0.05) is 25.6 Å². The Kier molecular flexibility index (Phi) is 5.01. The Morgan fingerprint density at radius 3 is 2.42 bits per heavy atom. The van der Waals surface area contributed by atoms with Crippen LogP contribution in [0.5, 0.6) is 0 Å². The average Bonchev–Trinajstić information content (AvgIpc) is 2.98. The van der Waals surface area contributed by atoms with Crippen molar-refractivity contribution in [1.82, 2.24) is 9.80 Å². The number of piperidine rings is 1. The molecule has 1 N–H and O–H groups in total. The highest BCUT2D eigenvalue weighted by Gasteiger charge is 2.49. The molecule has 0 unspecified atom stereocenters. The Balaban J connectivity index is 1.65. The SMILES string of the molecule is CC(=O)N1CC2(CCN(Cc3ccc(C)c(F)c3F)CC2)C[C@H]1C(=O)O. The number of aryl methyl sites for hydroxylation is 1. The van der Waals surface area contributed by atoms with Crippen LogP contribution in [0.2, 0.25) is 0 Å². The third kappa shape index (κ3) is 3.45. The van der Waals surface area contributed by atoms with Gasteiger partial charge in [0.2, 0.25) is 5.91 Å². The van der Waals surface area contributed by atoms with Gasteiger partial charge in [0.1, 0.15) is 6.04 Å². The van der Waals surface area contributed by atoms with Crippen LogP contribution in [0.1, 0.15) is 37.3 Å². The summed E-state index contributed by atoms with van der Waals surface area (Å²) in [5, 5.41) is 9.39. The van der Waals surface area contributed by atoms with Gasteiger partial charge in [-0.25, -0.2) is 13.6 Å². The van der Waals surface area contributed by atoms with Crippen molar-refractivity contribution in [3.63, 3.8) is 0 Å². The molecule has 1 atom stereocenters. The number of likely N-dealkylation sites (tertiary alicyclic amines) is 2. The first kappa shape index (κ1) is 18.8. The van der Waals surface area contributed by atoms with E-state index in [1.807, 2.05) is 0 Å². The number of hydrogen-bond acceptors (Lipinski definition) is 3. The average molecular weight is 366 g/mol. The molecule has 1 aromatic rings. The molecule has 0 aromatic heterocycles. The Morgan fingerprint density at radius 1 is 1.23 bits per heavy atom. The summed E-state index contributed by atoms with van der Waals surface area (Å²) in [4.78, 5) is 26.7. The summed E-state index contributed by atoms with van der Waals surface area (Å²) >= 11 is 0. The Morgan fingerprint density at radius 2 is 1.88 bits per heavy atom. The minimum absolute atomic E-state index is 0.192. The van der Waals surface area contributed by atoms with Gasteiger partial charge in [-0.2, -0.15) is 0 Å². The van der Waals surface area contributed by atoms with Crippen molar-refractivity contribution in [2.75, 3.05) is 19.6 Å². The zero-order valence-electron chi connectivity index (χ0n) is 15.1. The van der Waals surface area contributed by atoms with E-state index in [-0.39, 0.29) is 11.3 Å². The highest BCUT2D eigenvalue weighted by molar-refractivity contribution is 5.83. The molecule has 26 heavy (non-hydrogen) atoms. The fourth-order valence-electron chi connectivity index (χ4n) is 4.20. The molecule has 2 aliphatic rings. The van der Waals surface area contributed by atoms with Crippen molar-refractivity contribution in [3.8, 4) is 0 Å². The molecular weight excluding hydrogens is 342 g/mol. The predicted octanol–water partition coefficient (Wildman–Crippen LogP) is 2.56. The van der Waals surface area contributed by atoms with Crippen LogP contribution in [0.4, 0.5) is 8.78 Å². The minimum Gasteiger partial charge on any atom is -0.480 e. The molecule has 1 amide bonds. The molecular formula is C19H24F2N2O3. The predicted molar refractivity (Wildman–Crippen MR) is 91.5 cm³/mol. The van der Waals surface area contributed by atoms with E-state index in [4.69, 9.17) is 0 Å². The second-order valence-electron chi connectivity index (χ2n) is 7.65. The molecule has 2 heterocycles. The van der Waals surface area contributed by atoms with Crippen LogP contribution in [0.3, 0.4) is 0 Å². The van der Waals surface area contributed by atoms with Crippen molar-refractivity contribution in [3.05, 3.63) is 34.9 Å². The first-order valence-electron chi connectivity index (χ1n) is 8.88. The van der Waals surface area contributed by atoms with E-state index in [2.05, 4.69) is 4.90 Å². The number of carbonyl (C=O) groups excluding carboxylic acids is 1. The quantitative estimate of drug-likeness (QED) is 0.893. The monoisotopic (exact) mass is 366 g/mol. The van der Waals surface area contributed by atoms with Crippen molar-refractivity contribution < 1.29 is 23.5 Å². The largest absolute Gasteiger partial charge is 0.480 e. The van der Waals surface area contributed by atoms with Gasteiger partial charge >= 0.3 is 5.97 Å². The summed E-state index contributed by atoms with van der Waals surface area (Å²) in [5.74, 6) is -2.77. The lowest BCUT2D eigenvalue weighted by molar-refractivity contribution is -0.147.